The molecule has 25 heavy (non-hydrogen) atoms. The predicted octanol–water partition coefficient (Wildman–Crippen LogP) is 3.17. The molecule has 3 amide bonds. The molecule has 0 radical (unpaired) electrons. The van der Waals surface area contributed by atoms with Crippen molar-refractivity contribution in [1.29, 1.82) is 0 Å². The van der Waals surface area contributed by atoms with Gasteiger partial charge in [-0.1, -0.05) is 35.1 Å². The fraction of sp³-hybridized carbons (Fsp3) is 0.133. The van der Waals surface area contributed by atoms with Crippen molar-refractivity contribution in [1.82, 2.24) is 15.1 Å². The van der Waals surface area contributed by atoms with Crippen LogP contribution in [-0.2, 0) is 9.59 Å². The first-order valence-electron chi connectivity index (χ1n) is 7.03. The van der Waals surface area contributed by atoms with Crippen LogP contribution in [-0.4, -0.2) is 38.7 Å². The van der Waals surface area contributed by atoms with E-state index in [4.69, 9.17) is 11.6 Å². The van der Waals surface area contributed by atoms with Crippen LogP contribution >= 0.6 is 34.7 Å². The topological polar surface area (TPSA) is 92.3 Å². The molecule has 1 aliphatic heterocycles. The van der Waals surface area contributed by atoms with Crippen LogP contribution in [0.1, 0.15) is 10.6 Å². The van der Waals surface area contributed by atoms with Crippen LogP contribution in [0.25, 0.3) is 6.08 Å². The molecule has 1 saturated heterocycles. The molecule has 7 nitrogen and oxygen atoms in total. The predicted molar refractivity (Wildman–Crippen MR) is 97.4 cm³/mol. The van der Waals surface area contributed by atoms with Gasteiger partial charge < -0.3 is 0 Å². The summed E-state index contributed by atoms with van der Waals surface area (Å²) < 4.78 is 0. The molecular weight excluding hydrogens is 384 g/mol. The molecule has 0 spiro atoms. The molecular formula is C15H11ClN4O3S2. The van der Waals surface area contributed by atoms with E-state index in [-0.39, 0.29) is 11.4 Å². The van der Waals surface area contributed by atoms with Crippen LogP contribution in [0.4, 0.5) is 9.93 Å². The maximum absolute atomic E-state index is 12.4. The lowest BCUT2D eigenvalue weighted by molar-refractivity contribution is -0.127. The van der Waals surface area contributed by atoms with Gasteiger partial charge in [-0.05, 0) is 42.5 Å². The Hall–Kier alpha value is -2.23. The number of carbonyl (C=O) groups is 3. The SMILES string of the molecule is Cc1nnc(NC(=O)CN2C(=O)SC(=Cc3ccc(Cl)cc3)C2=O)s1. The molecule has 0 unspecified atom stereocenters. The fourth-order valence-corrected chi connectivity index (χ4v) is 3.57. The van der Waals surface area contributed by atoms with Crippen molar-refractivity contribution in [2.24, 2.45) is 0 Å². The molecule has 0 atom stereocenters. The third-order valence-electron chi connectivity index (χ3n) is 3.12. The number of halogens is 1. The summed E-state index contributed by atoms with van der Waals surface area (Å²) in [6.07, 6.45) is 1.59. The monoisotopic (exact) mass is 394 g/mol. The zero-order chi connectivity index (χ0) is 18.0. The molecule has 1 aromatic heterocycles. The van der Waals surface area contributed by atoms with Crippen molar-refractivity contribution in [3.05, 3.63) is 44.8 Å². The highest BCUT2D eigenvalue weighted by molar-refractivity contribution is 8.18. The van der Waals surface area contributed by atoms with Crippen LogP contribution in [0.3, 0.4) is 0 Å². The minimum absolute atomic E-state index is 0.256. The second-order valence-corrected chi connectivity index (χ2v) is 7.61. The van der Waals surface area contributed by atoms with E-state index in [1.54, 1.807) is 37.3 Å². The average Bonchev–Trinajstić information content (AvgIpc) is 3.08. The third kappa shape index (κ3) is 4.25. The lowest BCUT2D eigenvalue weighted by Crippen LogP contribution is -2.36. The third-order valence-corrected chi connectivity index (χ3v) is 5.03. The molecule has 2 heterocycles. The van der Waals surface area contributed by atoms with Gasteiger partial charge in [0.1, 0.15) is 11.6 Å². The van der Waals surface area contributed by atoms with Crippen molar-refractivity contribution in [3.63, 3.8) is 0 Å². The van der Waals surface area contributed by atoms with Gasteiger partial charge in [0, 0.05) is 5.02 Å². The molecule has 2 aromatic rings. The number of nitrogens with zero attached hydrogens (tertiary/aromatic N) is 3. The first-order chi connectivity index (χ1) is 11.9. The molecule has 1 fully saturated rings. The Labute approximate surface area is 156 Å². The number of rotatable bonds is 4. The van der Waals surface area contributed by atoms with Gasteiger partial charge in [-0.2, -0.15) is 0 Å². The normalized spacial score (nSPS) is 15.9. The molecule has 1 aliphatic rings. The van der Waals surface area contributed by atoms with Crippen LogP contribution in [0.15, 0.2) is 29.2 Å². The maximum Gasteiger partial charge on any atom is 0.294 e. The van der Waals surface area contributed by atoms with Gasteiger partial charge >= 0.3 is 0 Å². The zero-order valence-electron chi connectivity index (χ0n) is 12.9. The molecule has 0 saturated carbocycles. The van der Waals surface area contributed by atoms with E-state index in [9.17, 15) is 14.4 Å². The summed E-state index contributed by atoms with van der Waals surface area (Å²) in [6.45, 7) is 1.38. The summed E-state index contributed by atoms with van der Waals surface area (Å²) >= 11 is 7.82. The van der Waals surface area contributed by atoms with Crippen LogP contribution < -0.4 is 5.32 Å². The summed E-state index contributed by atoms with van der Waals surface area (Å²) in [7, 11) is 0. The highest BCUT2D eigenvalue weighted by Gasteiger charge is 2.36. The van der Waals surface area contributed by atoms with E-state index in [1.165, 1.54) is 11.3 Å². The zero-order valence-corrected chi connectivity index (χ0v) is 15.2. The molecule has 3 rings (SSSR count). The summed E-state index contributed by atoms with van der Waals surface area (Å²) in [5.41, 5.74) is 0.740. The van der Waals surface area contributed by atoms with Gasteiger partial charge in [0.25, 0.3) is 11.1 Å². The van der Waals surface area contributed by atoms with Crippen molar-refractivity contribution in [2.75, 3.05) is 11.9 Å². The summed E-state index contributed by atoms with van der Waals surface area (Å²) in [5.74, 6) is -1.01. The largest absolute Gasteiger partial charge is 0.299 e. The number of thioether (sulfide) groups is 1. The first kappa shape index (κ1) is 17.6. The van der Waals surface area contributed by atoms with Gasteiger partial charge in [0.15, 0.2) is 0 Å². The Morgan fingerprint density at radius 1 is 1.28 bits per heavy atom. The number of hydrogen-bond donors (Lipinski definition) is 1. The highest BCUT2D eigenvalue weighted by atomic mass is 35.5. The molecule has 0 aliphatic carbocycles. The minimum atomic E-state index is -0.508. The molecule has 0 bridgehead atoms. The standard InChI is InChI=1S/C15H11ClN4O3S2/c1-8-18-19-14(24-8)17-12(21)7-20-13(22)11(25-15(20)23)6-9-2-4-10(16)5-3-9/h2-6H,7H2,1H3,(H,17,19,21). The highest BCUT2D eigenvalue weighted by Crippen LogP contribution is 2.32. The second kappa shape index (κ2) is 7.34. The Morgan fingerprint density at radius 3 is 2.64 bits per heavy atom. The maximum atomic E-state index is 12.4. The Morgan fingerprint density at radius 2 is 2.00 bits per heavy atom. The molecule has 1 N–H and O–H groups in total. The van der Waals surface area contributed by atoms with Crippen molar-refractivity contribution < 1.29 is 14.4 Å². The number of carbonyl (C=O) groups excluding carboxylic acids is 3. The van der Waals surface area contributed by atoms with Crippen molar-refractivity contribution in [2.45, 2.75) is 6.92 Å². The Kier molecular flexibility index (Phi) is 5.16. The van der Waals surface area contributed by atoms with E-state index in [0.29, 0.717) is 15.2 Å². The first-order valence-corrected chi connectivity index (χ1v) is 9.04. The molecule has 10 heteroatoms. The second-order valence-electron chi connectivity index (χ2n) is 4.99. The number of amides is 3. The number of benzene rings is 1. The number of anilines is 1. The van der Waals surface area contributed by atoms with E-state index in [2.05, 4.69) is 15.5 Å². The van der Waals surface area contributed by atoms with Gasteiger partial charge in [0.05, 0.1) is 4.91 Å². The average molecular weight is 395 g/mol. The van der Waals surface area contributed by atoms with Crippen LogP contribution in [0.2, 0.25) is 5.02 Å². The van der Waals surface area contributed by atoms with Gasteiger partial charge in [-0.3, -0.25) is 24.6 Å². The minimum Gasteiger partial charge on any atom is -0.299 e. The summed E-state index contributed by atoms with van der Waals surface area (Å²) in [4.78, 5) is 37.6. The number of aromatic nitrogens is 2. The van der Waals surface area contributed by atoms with Crippen LogP contribution in [0.5, 0.6) is 0 Å². The van der Waals surface area contributed by atoms with Crippen LogP contribution in [0, 0.1) is 6.92 Å². The molecule has 128 valence electrons. The molecule has 1 aromatic carbocycles. The number of nitrogens with one attached hydrogen (secondary N) is 1. The number of imide groups is 1. The fourth-order valence-electron chi connectivity index (χ4n) is 2.00. The van der Waals surface area contributed by atoms with Crippen molar-refractivity contribution >= 4 is 63.0 Å². The van der Waals surface area contributed by atoms with E-state index < -0.39 is 17.1 Å². The van der Waals surface area contributed by atoms with Gasteiger partial charge in [0.2, 0.25) is 11.0 Å². The van der Waals surface area contributed by atoms with E-state index in [1.807, 2.05) is 0 Å². The number of hydrogen-bond acceptors (Lipinski definition) is 7. The number of aryl methyl sites for hydroxylation is 1. The lowest BCUT2D eigenvalue weighted by Gasteiger charge is -2.11. The van der Waals surface area contributed by atoms with Gasteiger partial charge in [-0.25, -0.2) is 0 Å². The summed E-state index contributed by atoms with van der Waals surface area (Å²) in [5, 5.41) is 11.2. The van der Waals surface area contributed by atoms with E-state index >= 15 is 0 Å². The quantitative estimate of drug-likeness (QED) is 0.800. The Balaban J connectivity index is 1.68. The van der Waals surface area contributed by atoms with Gasteiger partial charge in [-0.15, -0.1) is 10.2 Å². The smallest absolute Gasteiger partial charge is 0.294 e. The lowest BCUT2D eigenvalue weighted by atomic mass is 10.2. The summed E-state index contributed by atoms with van der Waals surface area (Å²) in [6, 6.07) is 6.85. The van der Waals surface area contributed by atoms with Crippen molar-refractivity contribution in [3.8, 4) is 0 Å². The van der Waals surface area contributed by atoms with E-state index in [0.717, 1.165) is 22.2 Å². The Bertz CT molecular complexity index is 879.